The first-order chi connectivity index (χ1) is 10.7. The van der Waals surface area contributed by atoms with E-state index in [1.165, 1.54) is 73.6 Å². The molecule has 0 saturated heterocycles. The van der Waals surface area contributed by atoms with Gasteiger partial charge in [-0.3, -0.25) is 0 Å². The topological polar surface area (TPSA) is 0 Å². The second-order valence-corrected chi connectivity index (χ2v) is 6.51. The zero-order chi connectivity index (χ0) is 16.2. The Balaban J connectivity index is 0.000000403. The molecule has 23 heavy (non-hydrogen) atoms. The minimum Gasteiger partial charge on any atom is -0.210 e. The summed E-state index contributed by atoms with van der Waals surface area (Å²) in [7, 11) is 0. The molecule has 0 bridgehead atoms. The Morgan fingerprint density at radius 2 is 1.09 bits per heavy atom. The van der Waals surface area contributed by atoms with Gasteiger partial charge in [0.05, 0.1) is 0 Å². The van der Waals surface area contributed by atoms with Crippen LogP contribution in [0.5, 0.6) is 0 Å². The summed E-state index contributed by atoms with van der Waals surface area (Å²) in [5.41, 5.74) is 5.82. The summed E-state index contributed by atoms with van der Waals surface area (Å²) in [6.45, 7) is 8.80. The predicted octanol–water partition coefficient (Wildman–Crippen LogP) is 6.89. The van der Waals surface area contributed by atoms with Crippen LogP contribution in [-0.2, 0) is 39.0 Å². The number of hydrogen-bond acceptors (Lipinski definition) is 0. The Bertz CT molecular complexity index is 443. The van der Waals surface area contributed by atoms with Crippen LogP contribution in [0.15, 0.2) is 36.4 Å². The number of hydrogen-bond donors (Lipinski definition) is 0. The summed E-state index contributed by atoms with van der Waals surface area (Å²) in [5.74, 6) is 0. The molecule has 0 aliphatic heterocycles. The normalized spacial score (nSPS) is 9.91. The van der Waals surface area contributed by atoms with Crippen molar-refractivity contribution in [3.8, 4) is 0 Å². The fraction of sp³-hybridized carbons (Fsp3) is 0.545. The Hall–Kier alpha value is -0.417. The van der Waals surface area contributed by atoms with Crippen molar-refractivity contribution in [2.24, 2.45) is 0 Å². The molecule has 0 aliphatic rings. The van der Waals surface area contributed by atoms with E-state index in [2.05, 4.69) is 64.1 Å². The van der Waals surface area contributed by atoms with E-state index >= 15 is 0 Å². The summed E-state index contributed by atoms with van der Waals surface area (Å²) in [5, 5.41) is 0. The van der Waals surface area contributed by atoms with Gasteiger partial charge in [0.25, 0.3) is 0 Å². The molecular formula is C22H34Zr. The fourth-order valence-corrected chi connectivity index (χ4v) is 2.72. The van der Waals surface area contributed by atoms with Crippen molar-refractivity contribution in [3.63, 3.8) is 0 Å². The van der Waals surface area contributed by atoms with Crippen molar-refractivity contribution < 1.29 is 26.2 Å². The van der Waals surface area contributed by atoms with Crippen LogP contribution in [0, 0.1) is 13.8 Å². The van der Waals surface area contributed by atoms with E-state index in [0.29, 0.717) is 0 Å². The van der Waals surface area contributed by atoms with Gasteiger partial charge in [-0.05, 0) is 0 Å². The Kier molecular flexibility index (Phi) is 13.7. The first-order valence-electron chi connectivity index (χ1n) is 9.10. The monoisotopic (exact) mass is 388 g/mol. The summed E-state index contributed by atoms with van der Waals surface area (Å²) in [6.07, 6.45) is 10.6. The van der Waals surface area contributed by atoms with Gasteiger partial charge in [-0.1, -0.05) is 79.1 Å². The molecule has 2 aromatic rings. The standard InChI is InChI=1S/2C11H17.Zr/c2*1-3-4-5-6-11-8-7-10(2)9-11;/h2*7-9H,3-6H2,1-2H3;/q2*-1;+2. The third-order valence-electron chi connectivity index (χ3n) is 4.08. The molecule has 0 aromatic heterocycles. The van der Waals surface area contributed by atoms with E-state index in [1.807, 2.05) is 0 Å². The SMILES string of the molecule is CCCCCc1cc[c-](C)c1.CCCCCc1cc[c-](C)c1.[Zr+2]. The Morgan fingerprint density at radius 1 is 0.696 bits per heavy atom. The number of rotatable bonds is 8. The zero-order valence-corrected chi connectivity index (χ0v) is 18.1. The van der Waals surface area contributed by atoms with Crippen LogP contribution in [0.1, 0.15) is 74.6 Å². The molecule has 2 rings (SSSR count). The molecule has 0 radical (unpaired) electrons. The molecule has 0 fully saturated rings. The number of aryl methyl sites for hydroxylation is 4. The minimum absolute atomic E-state index is 0. The van der Waals surface area contributed by atoms with E-state index in [1.54, 1.807) is 0 Å². The summed E-state index contributed by atoms with van der Waals surface area (Å²) < 4.78 is 0. The van der Waals surface area contributed by atoms with Gasteiger partial charge in [-0.15, -0.1) is 0 Å². The van der Waals surface area contributed by atoms with Crippen LogP contribution in [0.2, 0.25) is 0 Å². The van der Waals surface area contributed by atoms with Crippen LogP contribution < -0.4 is 0 Å². The maximum atomic E-state index is 2.29. The Labute approximate surface area is 163 Å². The molecule has 2 aromatic carbocycles. The van der Waals surface area contributed by atoms with Gasteiger partial charge in [-0.2, -0.15) is 46.5 Å². The fourth-order valence-electron chi connectivity index (χ4n) is 2.72. The predicted molar refractivity (Wildman–Crippen MR) is 100 cm³/mol. The van der Waals surface area contributed by atoms with Crippen molar-refractivity contribution in [1.82, 2.24) is 0 Å². The Morgan fingerprint density at radius 3 is 1.35 bits per heavy atom. The summed E-state index contributed by atoms with van der Waals surface area (Å²) >= 11 is 0. The van der Waals surface area contributed by atoms with Crippen LogP contribution in [0.25, 0.3) is 0 Å². The van der Waals surface area contributed by atoms with Crippen molar-refractivity contribution in [2.45, 2.75) is 79.1 Å². The summed E-state index contributed by atoms with van der Waals surface area (Å²) in [4.78, 5) is 0. The first kappa shape index (κ1) is 22.6. The van der Waals surface area contributed by atoms with Gasteiger partial charge in [0.15, 0.2) is 0 Å². The zero-order valence-electron chi connectivity index (χ0n) is 15.6. The molecule has 126 valence electrons. The van der Waals surface area contributed by atoms with Crippen LogP contribution in [0.3, 0.4) is 0 Å². The average Bonchev–Trinajstić information content (AvgIpc) is 3.09. The van der Waals surface area contributed by atoms with E-state index in [4.69, 9.17) is 0 Å². The molecule has 0 N–H and O–H groups in total. The first-order valence-corrected chi connectivity index (χ1v) is 9.10. The second-order valence-electron chi connectivity index (χ2n) is 6.51. The third-order valence-corrected chi connectivity index (χ3v) is 4.08. The quantitative estimate of drug-likeness (QED) is 0.340. The van der Waals surface area contributed by atoms with Crippen LogP contribution >= 0.6 is 0 Å². The van der Waals surface area contributed by atoms with E-state index in [9.17, 15) is 0 Å². The minimum atomic E-state index is 0. The molecule has 0 heterocycles. The van der Waals surface area contributed by atoms with E-state index in [-0.39, 0.29) is 26.2 Å². The molecule has 0 atom stereocenters. The molecule has 0 amide bonds. The van der Waals surface area contributed by atoms with Crippen LogP contribution in [0.4, 0.5) is 0 Å². The van der Waals surface area contributed by atoms with Gasteiger partial charge < -0.3 is 0 Å². The maximum Gasteiger partial charge on any atom is 2.00 e. The molecule has 0 aliphatic carbocycles. The van der Waals surface area contributed by atoms with Crippen molar-refractivity contribution >= 4 is 0 Å². The molecule has 1 heteroatoms. The van der Waals surface area contributed by atoms with E-state index < -0.39 is 0 Å². The third kappa shape index (κ3) is 10.9. The molecule has 0 spiro atoms. The van der Waals surface area contributed by atoms with Crippen molar-refractivity contribution in [3.05, 3.63) is 58.7 Å². The maximum absolute atomic E-state index is 2.29. The van der Waals surface area contributed by atoms with Crippen LogP contribution in [-0.4, -0.2) is 0 Å². The van der Waals surface area contributed by atoms with Gasteiger partial charge >= 0.3 is 26.2 Å². The van der Waals surface area contributed by atoms with Gasteiger partial charge in [0.2, 0.25) is 0 Å². The van der Waals surface area contributed by atoms with E-state index in [0.717, 1.165) is 0 Å². The van der Waals surface area contributed by atoms with Crippen molar-refractivity contribution in [1.29, 1.82) is 0 Å². The average molecular weight is 390 g/mol. The molecule has 0 unspecified atom stereocenters. The smallest absolute Gasteiger partial charge is 0.210 e. The van der Waals surface area contributed by atoms with Gasteiger partial charge in [0.1, 0.15) is 0 Å². The second kappa shape index (κ2) is 14.0. The van der Waals surface area contributed by atoms with Gasteiger partial charge in [-0.25, -0.2) is 12.1 Å². The molecular weight excluding hydrogens is 355 g/mol. The summed E-state index contributed by atoms with van der Waals surface area (Å²) in [6, 6.07) is 13.4. The van der Waals surface area contributed by atoms with Gasteiger partial charge in [0, 0.05) is 0 Å². The largest absolute Gasteiger partial charge is 2.00 e. The number of unbranched alkanes of at least 4 members (excludes halogenated alkanes) is 4. The molecule has 0 saturated carbocycles. The molecule has 0 nitrogen and oxygen atoms in total. The van der Waals surface area contributed by atoms with Crippen molar-refractivity contribution in [2.75, 3.05) is 0 Å².